The van der Waals surface area contributed by atoms with Crippen LogP contribution in [0.2, 0.25) is 0 Å². The van der Waals surface area contributed by atoms with Crippen molar-refractivity contribution in [1.29, 1.82) is 0 Å². The van der Waals surface area contributed by atoms with E-state index in [1.807, 2.05) is 61.2 Å². The number of hydrogen-bond donors (Lipinski definition) is 0. The number of fused-ring (bicyclic) bond motifs is 2. The lowest BCUT2D eigenvalue weighted by atomic mass is 9.82. The van der Waals surface area contributed by atoms with Crippen LogP contribution in [0.1, 0.15) is 51.3 Å². The van der Waals surface area contributed by atoms with Crippen LogP contribution in [0, 0.1) is 13.8 Å². The van der Waals surface area contributed by atoms with E-state index in [4.69, 9.17) is 9.15 Å². The van der Waals surface area contributed by atoms with Gasteiger partial charge in [0.15, 0.2) is 11.5 Å². The molecule has 2 aliphatic rings. The molecule has 5 rings (SSSR count). The SMILES string of the molecule is Cc1ccc2c(c1)C(=O)CC1(CCN(C(=O)c3oc4ccccc4c3C)CC1)O2. The Morgan fingerprint density at radius 2 is 1.83 bits per heavy atom. The van der Waals surface area contributed by atoms with E-state index in [1.165, 1.54) is 0 Å². The van der Waals surface area contributed by atoms with E-state index in [-0.39, 0.29) is 11.7 Å². The number of carbonyl (C=O) groups excluding carboxylic acids is 2. The summed E-state index contributed by atoms with van der Waals surface area (Å²) in [6.07, 6.45) is 1.64. The number of hydrogen-bond acceptors (Lipinski definition) is 4. The van der Waals surface area contributed by atoms with E-state index in [2.05, 4.69) is 0 Å². The summed E-state index contributed by atoms with van der Waals surface area (Å²) in [5.74, 6) is 1.11. The number of amides is 1. The Bertz CT molecular complexity index is 1130. The van der Waals surface area contributed by atoms with Gasteiger partial charge in [0.2, 0.25) is 0 Å². The van der Waals surface area contributed by atoms with Gasteiger partial charge in [0, 0.05) is 36.9 Å². The summed E-state index contributed by atoms with van der Waals surface area (Å²) < 4.78 is 12.2. The Labute approximate surface area is 169 Å². The lowest BCUT2D eigenvalue weighted by molar-refractivity contribution is -0.00641. The topological polar surface area (TPSA) is 59.8 Å². The van der Waals surface area contributed by atoms with Crippen LogP contribution in [0.15, 0.2) is 46.9 Å². The quantitative estimate of drug-likeness (QED) is 0.606. The van der Waals surface area contributed by atoms with E-state index in [0.29, 0.717) is 49.4 Å². The Balaban J connectivity index is 1.35. The third-order valence-corrected chi connectivity index (χ3v) is 6.24. The maximum Gasteiger partial charge on any atom is 0.289 e. The van der Waals surface area contributed by atoms with Gasteiger partial charge < -0.3 is 14.1 Å². The lowest BCUT2D eigenvalue weighted by Crippen LogP contribution is -2.52. The zero-order chi connectivity index (χ0) is 20.2. The van der Waals surface area contributed by atoms with Gasteiger partial charge in [0.05, 0.1) is 12.0 Å². The van der Waals surface area contributed by atoms with Crippen molar-refractivity contribution < 1.29 is 18.7 Å². The van der Waals surface area contributed by atoms with Crippen molar-refractivity contribution in [2.45, 2.75) is 38.7 Å². The Hall–Kier alpha value is -3.08. The summed E-state index contributed by atoms with van der Waals surface area (Å²) in [5, 5.41) is 0.970. The molecule has 148 valence electrons. The fraction of sp³-hybridized carbons (Fsp3) is 0.333. The molecule has 0 radical (unpaired) electrons. The molecule has 1 spiro atoms. The van der Waals surface area contributed by atoms with Crippen LogP contribution < -0.4 is 4.74 Å². The third-order valence-electron chi connectivity index (χ3n) is 6.24. The minimum atomic E-state index is -0.515. The van der Waals surface area contributed by atoms with Crippen LogP contribution in [0.5, 0.6) is 5.75 Å². The second-order valence-corrected chi connectivity index (χ2v) is 8.23. The summed E-state index contributed by atoms with van der Waals surface area (Å²) in [6, 6.07) is 13.4. The smallest absolute Gasteiger partial charge is 0.289 e. The van der Waals surface area contributed by atoms with Crippen molar-refractivity contribution in [2.75, 3.05) is 13.1 Å². The molecule has 1 fully saturated rings. The number of piperidine rings is 1. The Morgan fingerprint density at radius 3 is 2.59 bits per heavy atom. The van der Waals surface area contributed by atoms with Gasteiger partial charge in [-0.15, -0.1) is 0 Å². The molecule has 3 aromatic rings. The molecule has 1 saturated heterocycles. The predicted molar refractivity (Wildman–Crippen MR) is 110 cm³/mol. The molecule has 3 heterocycles. The molecule has 0 N–H and O–H groups in total. The number of likely N-dealkylation sites (tertiary alicyclic amines) is 1. The molecule has 5 heteroatoms. The molecule has 0 aliphatic carbocycles. The van der Waals surface area contributed by atoms with Gasteiger partial charge >= 0.3 is 0 Å². The molecular weight excluding hydrogens is 366 g/mol. The summed E-state index contributed by atoms with van der Waals surface area (Å²) >= 11 is 0. The number of carbonyl (C=O) groups is 2. The summed E-state index contributed by atoms with van der Waals surface area (Å²) in [4.78, 5) is 27.6. The third kappa shape index (κ3) is 2.92. The number of aryl methyl sites for hydroxylation is 2. The largest absolute Gasteiger partial charge is 0.486 e. The molecular formula is C24H23NO4. The van der Waals surface area contributed by atoms with E-state index in [1.54, 1.807) is 0 Å². The molecule has 0 atom stereocenters. The lowest BCUT2D eigenvalue weighted by Gasteiger charge is -2.43. The van der Waals surface area contributed by atoms with Crippen molar-refractivity contribution in [3.05, 3.63) is 64.9 Å². The van der Waals surface area contributed by atoms with Crippen LogP contribution in [0.3, 0.4) is 0 Å². The zero-order valence-corrected chi connectivity index (χ0v) is 16.7. The van der Waals surface area contributed by atoms with E-state index in [0.717, 1.165) is 22.1 Å². The number of furan rings is 1. The van der Waals surface area contributed by atoms with E-state index < -0.39 is 5.60 Å². The first-order chi connectivity index (χ1) is 14.0. The van der Waals surface area contributed by atoms with Crippen molar-refractivity contribution in [3.8, 4) is 5.75 Å². The predicted octanol–water partition coefficient (Wildman–Crippen LogP) is 4.69. The zero-order valence-electron chi connectivity index (χ0n) is 16.7. The first-order valence-electron chi connectivity index (χ1n) is 10.1. The first-order valence-corrected chi connectivity index (χ1v) is 10.1. The van der Waals surface area contributed by atoms with Crippen LogP contribution in [0.25, 0.3) is 11.0 Å². The van der Waals surface area contributed by atoms with Gasteiger partial charge in [-0.1, -0.05) is 29.8 Å². The van der Waals surface area contributed by atoms with Gasteiger partial charge in [-0.05, 0) is 32.0 Å². The molecule has 2 aromatic carbocycles. The normalized spacial score (nSPS) is 18.0. The fourth-order valence-corrected chi connectivity index (χ4v) is 4.53. The Morgan fingerprint density at radius 1 is 1.07 bits per heavy atom. The van der Waals surface area contributed by atoms with Gasteiger partial charge in [0.25, 0.3) is 5.91 Å². The maximum absolute atomic E-state index is 13.1. The number of rotatable bonds is 1. The number of benzene rings is 2. The van der Waals surface area contributed by atoms with Crippen molar-refractivity contribution >= 4 is 22.7 Å². The van der Waals surface area contributed by atoms with Gasteiger partial charge in [-0.3, -0.25) is 9.59 Å². The summed E-state index contributed by atoms with van der Waals surface area (Å²) in [7, 11) is 0. The molecule has 0 saturated carbocycles. The van der Waals surface area contributed by atoms with E-state index >= 15 is 0 Å². The van der Waals surface area contributed by atoms with Crippen LogP contribution in [0.4, 0.5) is 0 Å². The molecule has 5 nitrogen and oxygen atoms in total. The highest BCUT2D eigenvalue weighted by atomic mass is 16.5. The minimum Gasteiger partial charge on any atom is -0.486 e. The standard InChI is InChI=1S/C24H23NO4/c1-15-7-8-21-18(13-15)19(26)14-24(29-21)9-11-25(12-10-24)23(27)22-16(2)17-5-3-4-6-20(17)28-22/h3-8,13H,9-12,14H2,1-2H3. The number of nitrogens with zero attached hydrogens (tertiary/aromatic N) is 1. The highest BCUT2D eigenvalue weighted by molar-refractivity contribution is 6.01. The van der Waals surface area contributed by atoms with Crippen molar-refractivity contribution in [3.63, 3.8) is 0 Å². The maximum atomic E-state index is 13.1. The average molecular weight is 389 g/mol. The van der Waals surface area contributed by atoms with Gasteiger partial charge in [-0.2, -0.15) is 0 Å². The number of ketones is 1. The number of ether oxygens (including phenoxy) is 1. The van der Waals surface area contributed by atoms with E-state index in [9.17, 15) is 9.59 Å². The molecule has 29 heavy (non-hydrogen) atoms. The molecule has 0 bridgehead atoms. The van der Waals surface area contributed by atoms with Crippen LogP contribution in [-0.4, -0.2) is 35.3 Å². The van der Waals surface area contributed by atoms with Crippen molar-refractivity contribution in [1.82, 2.24) is 4.90 Å². The Kier molecular flexibility index (Phi) is 4.02. The van der Waals surface area contributed by atoms with Crippen LogP contribution >= 0.6 is 0 Å². The summed E-state index contributed by atoms with van der Waals surface area (Å²) in [6.45, 7) is 4.99. The molecule has 1 aromatic heterocycles. The monoisotopic (exact) mass is 389 g/mol. The minimum absolute atomic E-state index is 0.0910. The summed E-state index contributed by atoms with van der Waals surface area (Å²) in [5.41, 5.74) is 2.82. The molecule has 2 aliphatic heterocycles. The van der Waals surface area contributed by atoms with Gasteiger partial charge in [-0.25, -0.2) is 0 Å². The average Bonchev–Trinajstić information content (AvgIpc) is 3.06. The van der Waals surface area contributed by atoms with Gasteiger partial charge in [0.1, 0.15) is 16.9 Å². The fourth-order valence-electron chi connectivity index (χ4n) is 4.53. The van der Waals surface area contributed by atoms with Crippen molar-refractivity contribution in [2.24, 2.45) is 0 Å². The highest BCUT2D eigenvalue weighted by Gasteiger charge is 2.44. The molecule has 0 unspecified atom stereocenters. The highest BCUT2D eigenvalue weighted by Crippen LogP contribution is 2.40. The second kappa shape index (κ2) is 6.48. The first kappa shape index (κ1) is 18.0. The van der Waals surface area contributed by atoms with Crippen LogP contribution in [-0.2, 0) is 0 Å². The number of para-hydroxylation sites is 1. The second-order valence-electron chi connectivity index (χ2n) is 8.23. The molecule has 1 amide bonds. The number of Topliss-reactive ketones (excluding diaryl/α,β-unsaturated/α-hetero) is 1.